The Morgan fingerprint density at radius 3 is 2.80 bits per heavy atom. The molecule has 78 valence electrons. The number of nitrogens with one attached hydrogen (secondary N) is 1. The van der Waals surface area contributed by atoms with Crippen LogP contribution in [0.2, 0.25) is 5.02 Å². The summed E-state index contributed by atoms with van der Waals surface area (Å²) in [4.78, 5) is 3.14. The number of hydrogen-bond donors (Lipinski definition) is 2. The third-order valence-electron chi connectivity index (χ3n) is 3.21. The third kappa shape index (κ3) is 1.29. The summed E-state index contributed by atoms with van der Waals surface area (Å²) >= 11 is 6.17. The molecule has 0 amide bonds. The zero-order valence-electron chi connectivity index (χ0n) is 8.47. The van der Waals surface area contributed by atoms with E-state index in [0.717, 1.165) is 34.9 Å². The first-order chi connectivity index (χ1) is 7.10. The lowest BCUT2D eigenvalue weighted by Crippen LogP contribution is -2.03. The number of aryl methyl sites for hydroxylation is 1. The average Bonchev–Trinajstić information content (AvgIpc) is 2.84. The van der Waals surface area contributed by atoms with E-state index in [1.807, 2.05) is 25.3 Å². The SMILES string of the molecule is Cc1c[nH]c2c(Cl)cc(C3(O)CC3)cc12. The molecule has 2 N–H and O–H groups in total. The van der Waals surface area contributed by atoms with Crippen molar-refractivity contribution < 1.29 is 5.11 Å². The fraction of sp³-hybridized carbons (Fsp3) is 0.333. The molecule has 1 saturated carbocycles. The van der Waals surface area contributed by atoms with E-state index in [2.05, 4.69) is 4.98 Å². The van der Waals surface area contributed by atoms with Gasteiger partial charge in [0, 0.05) is 11.6 Å². The largest absolute Gasteiger partial charge is 0.385 e. The van der Waals surface area contributed by atoms with Gasteiger partial charge in [0.2, 0.25) is 0 Å². The molecule has 3 heteroatoms. The molecule has 1 aliphatic carbocycles. The Kier molecular flexibility index (Phi) is 1.71. The van der Waals surface area contributed by atoms with Crippen molar-refractivity contribution in [2.45, 2.75) is 25.4 Å². The van der Waals surface area contributed by atoms with Crippen LogP contribution in [0, 0.1) is 6.92 Å². The lowest BCUT2D eigenvalue weighted by molar-refractivity contribution is 0.151. The van der Waals surface area contributed by atoms with E-state index in [-0.39, 0.29) is 0 Å². The first kappa shape index (κ1) is 9.25. The van der Waals surface area contributed by atoms with E-state index >= 15 is 0 Å². The monoisotopic (exact) mass is 221 g/mol. The number of hydrogen-bond acceptors (Lipinski definition) is 1. The maximum atomic E-state index is 10.0. The van der Waals surface area contributed by atoms with Crippen molar-refractivity contribution in [2.24, 2.45) is 0 Å². The standard InChI is InChI=1S/C12H12ClNO/c1-7-6-14-11-9(7)4-8(5-10(11)13)12(15)2-3-12/h4-6,14-15H,2-3H2,1H3. The van der Waals surface area contributed by atoms with Gasteiger partial charge < -0.3 is 10.1 Å². The van der Waals surface area contributed by atoms with Crippen LogP contribution in [0.25, 0.3) is 10.9 Å². The fourth-order valence-electron chi connectivity index (χ4n) is 2.00. The first-order valence-electron chi connectivity index (χ1n) is 5.10. The Balaban J connectivity index is 2.30. The minimum absolute atomic E-state index is 0.610. The molecule has 1 aromatic carbocycles. The number of halogens is 1. The van der Waals surface area contributed by atoms with Gasteiger partial charge in [-0.05, 0) is 43.0 Å². The number of rotatable bonds is 1. The molecule has 2 nitrogen and oxygen atoms in total. The average molecular weight is 222 g/mol. The van der Waals surface area contributed by atoms with Crippen LogP contribution in [0.3, 0.4) is 0 Å². The zero-order chi connectivity index (χ0) is 10.6. The number of aliphatic hydroxyl groups is 1. The van der Waals surface area contributed by atoms with Gasteiger partial charge in [0.15, 0.2) is 0 Å². The number of fused-ring (bicyclic) bond motifs is 1. The van der Waals surface area contributed by atoms with E-state index in [1.165, 1.54) is 0 Å². The molecular weight excluding hydrogens is 210 g/mol. The van der Waals surface area contributed by atoms with Crippen molar-refractivity contribution in [3.63, 3.8) is 0 Å². The van der Waals surface area contributed by atoms with Crippen LogP contribution < -0.4 is 0 Å². The summed E-state index contributed by atoms with van der Waals surface area (Å²) in [5.41, 5.74) is 2.46. The molecule has 0 unspecified atom stereocenters. The molecule has 3 rings (SSSR count). The molecule has 1 fully saturated rings. The highest BCUT2D eigenvalue weighted by Crippen LogP contribution is 2.47. The van der Waals surface area contributed by atoms with E-state index < -0.39 is 5.60 Å². The van der Waals surface area contributed by atoms with Gasteiger partial charge in [-0.25, -0.2) is 0 Å². The number of H-pyrrole nitrogens is 1. The van der Waals surface area contributed by atoms with Crippen LogP contribution >= 0.6 is 11.6 Å². The second kappa shape index (κ2) is 2.77. The van der Waals surface area contributed by atoms with Gasteiger partial charge in [-0.2, -0.15) is 0 Å². The third-order valence-corrected chi connectivity index (χ3v) is 3.51. The normalized spacial score (nSPS) is 18.3. The van der Waals surface area contributed by atoms with Gasteiger partial charge in [0.05, 0.1) is 16.1 Å². The van der Waals surface area contributed by atoms with Crippen molar-refractivity contribution in [1.29, 1.82) is 0 Å². The summed E-state index contributed by atoms with van der Waals surface area (Å²) in [6, 6.07) is 3.91. The summed E-state index contributed by atoms with van der Waals surface area (Å²) in [6.07, 6.45) is 3.63. The summed E-state index contributed by atoms with van der Waals surface area (Å²) in [5, 5.41) is 11.8. The van der Waals surface area contributed by atoms with Crippen molar-refractivity contribution in [1.82, 2.24) is 4.98 Å². The molecule has 0 atom stereocenters. The van der Waals surface area contributed by atoms with Gasteiger partial charge in [0.25, 0.3) is 0 Å². The van der Waals surface area contributed by atoms with Gasteiger partial charge in [0.1, 0.15) is 0 Å². The first-order valence-corrected chi connectivity index (χ1v) is 5.48. The van der Waals surface area contributed by atoms with E-state index in [9.17, 15) is 5.11 Å². The van der Waals surface area contributed by atoms with Gasteiger partial charge in [-0.1, -0.05) is 11.6 Å². The maximum Gasteiger partial charge on any atom is 0.0899 e. The van der Waals surface area contributed by atoms with Crippen molar-refractivity contribution in [3.8, 4) is 0 Å². The van der Waals surface area contributed by atoms with E-state index in [4.69, 9.17) is 11.6 Å². The molecule has 1 aromatic heterocycles. The number of benzene rings is 1. The van der Waals surface area contributed by atoms with E-state index in [0.29, 0.717) is 5.02 Å². The molecule has 1 heterocycles. The quantitative estimate of drug-likeness (QED) is 0.763. The molecule has 15 heavy (non-hydrogen) atoms. The van der Waals surface area contributed by atoms with Gasteiger partial charge in [-0.15, -0.1) is 0 Å². The van der Waals surface area contributed by atoms with Crippen molar-refractivity contribution in [3.05, 3.63) is 34.5 Å². The molecule has 1 aliphatic rings. The van der Waals surface area contributed by atoms with Crippen molar-refractivity contribution in [2.75, 3.05) is 0 Å². The maximum absolute atomic E-state index is 10.0. The van der Waals surface area contributed by atoms with Crippen LogP contribution in [-0.2, 0) is 5.60 Å². The highest BCUT2D eigenvalue weighted by Gasteiger charge is 2.42. The number of aromatic amines is 1. The highest BCUT2D eigenvalue weighted by atomic mass is 35.5. The Hall–Kier alpha value is -0.990. The Morgan fingerprint density at radius 1 is 1.40 bits per heavy atom. The highest BCUT2D eigenvalue weighted by molar-refractivity contribution is 6.35. The minimum atomic E-state index is -0.610. The van der Waals surface area contributed by atoms with Crippen LogP contribution in [0.4, 0.5) is 0 Å². The molecule has 0 saturated heterocycles. The smallest absolute Gasteiger partial charge is 0.0899 e. The summed E-state index contributed by atoms with van der Waals surface area (Å²) in [6.45, 7) is 2.04. The predicted octanol–water partition coefficient (Wildman–Crippen LogP) is 3.11. The Bertz CT molecular complexity index is 540. The second-order valence-corrected chi connectivity index (χ2v) is 4.79. The van der Waals surface area contributed by atoms with Crippen LogP contribution in [0.1, 0.15) is 24.0 Å². The van der Waals surface area contributed by atoms with Gasteiger partial charge in [-0.3, -0.25) is 0 Å². The fourth-order valence-corrected chi connectivity index (χ4v) is 2.27. The van der Waals surface area contributed by atoms with Crippen molar-refractivity contribution >= 4 is 22.5 Å². The molecule has 0 radical (unpaired) electrons. The lowest BCUT2D eigenvalue weighted by Gasteiger charge is -2.09. The zero-order valence-corrected chi connectivity index (χ0v) is 9.23. The van der Waals surface area contributed by atoms with Crippen LogP contribution in [-0.4, -0.2) is 10.1 Å². The lowest BCUT2D eigenvalue weighted by atomic mass is 10.0. The molecule has 0 aliphatic heterocycles. The summed E-state index contributed by atoms with van der Waals surface area (Å²) in [5.74, 6) is 0. The number of aromatic nitrogens is 1. The summed E-state index contributed by atoms with van der Waals surface area (Å²) in [7, 11) is 0. The van der Waals surface area contributed by atoms with E-state index in [1.54, 1.807) is 0 Å². The second-order valence-electron chi connectivity index (χ2n) is 4.38. The predicted molar refractivity (Wildman–Crippen MR) is 61.2 cm³/mol. The Labute approximate surface area is 92.9 Å². The minimum Gasteiger partial charge on any atom is -0.385 e. The molecule has 0 spiro atoms. The molecule has 0 bridgehead atoms. The van der Waals surface area contributed by atoms with Crippen LogP contribution in [0.15, 0.2) is 18.3 Å². The molecular formula is C12H12ClNO. The topological polar surface area (TPSA) is 36.0 Å². The Morgan fingerprint density at radius 2 is 2.13 bits per heavy atom. The summed E-state index contributed by atoms with van der Waals surface area (Å²) < 4.78 is 0. The van der Waals surface area contributed by atoms with Crippen LogP contribution in [0.5, 0.6) is 0 Å². The van der Waals surface area contributed by atoms with Gasteiger partial charge >= 0.3 is 0 Å². The molecule has 2 aromatic rings.